The van der Waals surface area contributed by atoms with Gasteiger partial charge in [0.1, 0.15) is 16.4 Å². The van der Waals surface area contributed by atoms with Gasteiger partial charge in [-0.15, -0.1) is 0 Å². The van der Waals surface area contributed by atoms with E-state index in [2.05, 4.69) is 28.1 Å². The number of hydrogen-bond donors (Lipinski definition) is 0. The Morgan fingerprint density at radius 3 is 2.47 bits per heavy atom. The van der Waals surface area contributed by atoms with Crippen LogP contribution in [-0.2, 0) is 16.6 Å². The first-order valence-corrected chi connectivity index (χ1v) is 11.2. The van der Waals surface area contributed by atoms with Crippen molar-refractivity contribution in [1.82, 2.24) is 14.2 Å². The third kappa shape index (κ3) is 3.98. The van der Waals surface area contributed by atoms with E-state index in [0.717, 1.165) is 23.0 Å². The number of aromatic nitrogens is 1. The Morgan fingerprint density at radius 2 is 1.73 bits per heavy atom. The first-order chi connectivity index (χ1) is 14.5. The molecule has 30 heavy (non-hydrogen) atoms. The molecule has 3 aromatic rings. The zero-order valence-electron chi connectivity index (χ0n) is 17.1. The second kappa shape index (κ2) is 8.59. The van der Waals surface area contributed by atoms with Gasteiger partial charge in [-0.2, -0.15) is 4.31 Å². The first-order valence-electron chi connectivity index (χ1n) is 9.80. The molecule has 0 atom stereocenters. The average molecular weight is 428 g/mol. The van der Waals surface area contributed by atoms with Gasteiger partial charge in [-0.25, -0.2) is 8.42 Å². The van der Waals surface area contributed by atoms with E-state index in [0.29, 0.717) is 37.7 Å². The number of ether oxygens (including phenoxy) is 2. The Morgan fingerprint density at radius 1 is 0.967 bits per heavy atom. The lowest BCUT2D eigenvalue weighted by Gasteiger charge is -2.34. The van der Waals surface area contributed by atoms with Crippen LogP contribution in [0, 0.1) is 0 Å². The molecule has 8 heteroatoms. The van der Waals surface area contributed by atoms with Crippen LogP contribution in [0.25, 0.3) is 10.9 Å². The van der Waals surface area contributed by atoms with Crippen molar-refractivity contribution in [2.75, 3.05) is 40.4 Å². The van der Waals surface area contributed by atoms with Crippen LogP contribution in [0.3, 0.4) is 0 Å². The highest BCUT2D eigenvalue weighted by Crippen LogP contribution is 2.31. The third-order valence-electron chi connectivity index (χ3n) is 5.43. The third-order valence-corrected chi connectivity index (χ3v) is 7.35. The van der Waals surface area contributed by atoms with Gasteiger partial charge in [0.05, 0.1) is 19.7 Å². The molecule has 0 aliphatic carbocycles. The van der Waals surface area contributed by atoms with Crippen LogP contribution in [0.5, 0.6) is 11.5 Å². The van der Waals surface area contributed by atoms with Gasteiger partial charge in [0.15, 0.2) is 0 Å². The summed E-state index contributed by atoms with van der Waals surface area (Å²) in [6, 6.07) is 15.0. The van der Waals surface area contributed by atoms with Gasteiger partial charge >= 0.3 is 0 Å². The summed E-state index contributed by atoms with van der Waals surface area (Å²) in [7, 11) is -0.697. The largest absolute Gasteiger partial charge is 0.497 e. The molecule has 7 nitrogen and oxygen atoms in total. The molecular formula is C22H25N3O4S. The van der Waals surface area contributed by atoms with E-state index < -0.39 is 10.0 Å². The summed E-state index contributed by atoms with van der Waals surface area (Å²) >= 11 is 0. The van der Waals surface area contributed by atoms with Crippen LogP contribution in [0.15, 0.2) is 59.6 Å². The Kier molecular flexibility index (Phi) is 5.90. The highest BCUT2D eigenvalue weighted by molar-refractivity contribution is 7.89. The first kappa shape index (κ1) is 20.6. The predicted molar refractivity (Wildman–Crippen MR) is 115 cm³/mol. The lowest BCUT2D eigenvalue weighted by atomic mass is 10.1. The molecule has 2 aromatic carbocycles. The Hall–Kier alpha value is -2.68. The Bertz CT molecular complexity index is 1140. The van der Waals surface area contributed by atoms with Crippen LogP contribution in [-0.4, -0.2) is 63.0 Å². The van der Waals surface area contributed by atoms with Crippen LogP contribution in [0.1, 0.15) is 5.56 Å². The molecule has 1 aromatic heterocycles. The zero-order chi connectivity index (χ0) is 21.1. The fourth-order valence-corrected chi connectivity index (χ4v) is 5.38. The second-order valence-corrected chi connectivity index (χ2v) is 9.10. The van der Waals surface area contributed by atoms with Crippen LogP contribution < -0.4 is 9.47 Å². The molecule has 0 amide bonds. The monoisotopic (exact) mass is 427 g/mol. The van der Waals surface area contributed by atoms with E-state index in [9.17, 15) is 8.42 Å². The van der Waals surface area contributed by atoms with Crippen LogP contribution >= 0.6 is 0 Å². The molecule has 1 aliphatic rings. The van der Waals surface area contributed by atoms with E-state index >= 15 is 0 Å². The minimum atomic E-state index is -3.68. The van der Waals surface area contributed by atoms with Crippen molar-refractivity contribution in [3.8, 4) is 11.5 Å². The number of nitrogens with zero attached hydrogens (tertiary/aromatic N) is 3. The summed E-state index contributed by atoms with van der Waals surface area (Å²) in [6.45, 7) is 2.87. The molecular weight excluding hydrogens is 402 g/mol. The van der Waals surface area contributed by atoms with Gasteiger partial charge in [-0.1, -0.05) is 24.3 Å². The van der Waals surface area contributed by atoms with Gasteiger partial charge in [0, 0.05) is 50.4 Å². The summed E-state index contributed by atoms with van der Waals surface area (Å²) in [5, 5.41) is 1.11. The molecule has 0 saturated carbocycles. The lowest BCUT2D eigenvalue weighted by molar-refractivity contribution is 0.182. The number of rotatable bonds is 6. The van der Waals surface area contributed by atoms with Crippen LogP contribution in [0.4, 0.5) is 0 Å². The number of methoxy groups -OCH3 is 2. The van der Waals surface area contributed by atoms with Gasteiger partial charge in [0.25, 0.3) is 0 Å². The SMILES string of the molecule is COc1ccc(OC)c(S(=O)(=O)N2CCN(Cc3cccc4cccnc34)CC2)c1. The van der Waals surface area contributed by atoms with Gasteiger partial charge < -0.3 is 9.47 Å². The fraction of sp³-hybridized carbons (Fsp3) is 0.318. The van der Waals surface area contributed by atoms with Crippen LogP contribution in [0.2, 0.25) is 0 Å². The zero-order valence-corrected chi connectivity index (χ0v) is 17.9. The maximum absolute atomic E-state index is 13.2. The van der Waals surface area contributed by atoms with Crippen molar-refractivity contribution < 1.29 is 17.9 Å². The Balaban J connectivity index is 1.49. The van der Waals surface area contributed by atoms with E-state index in [1.807, 2.05) is 12.1 Å². The predicted octanol–water partition coefficient (Wildman–Crippen LogP) is 2.76. The van der Waals surface area contributed by atoms with E-state index in [1.165, 1.54) is 24.6 Å². The average Bonchev–Trinajstić information content (AvgIpc) is 2.79. The molecule has 4 rings (SSSR count). The smallest absolute Gasteiger partial charge is 0.246 e. The standard InChI is InChI=1S/C22H25N3O4S/c1-28-19-8-9-20(29-2)21(15-19)30(26,27)25-13-11-24(12-14-25)16-18-6-3-5-17-7-4-10-23-22(17)18/h3-10,15H,11-14,16H2,1-2H3. The molecule has 1 aliphatic heterocycles. The molecule has 2 heterocycles. The highest BCUT2D eigenvalue weighted by Gasteiger charge is 2.31. The van der Waals surface area contributed by atoms with Crippen molar-refractivity contribution in [3.05, 3.63) is 60.3 Å². The number of benzene rings is 2. The number of hydrogen-bond acceptors (Lipinski definition) is 6. The van der Waals surface area contributed by atoms with E-state index in [4.69, 9.17) is 9.47 Å². The molecule has 0 N–H and O–H groups in total. The highest BCUT2D eigenvalue weighted by atomic mass is 32.2. The molecule has 0 radical (unpaired) electrons. The summed E-state index contributed by atoms with van der Waals surface area (Å²) in [5.41, 5.74) is 2.15. The van der Waals surface area contributed by atoms with Crippen molar-refractivity contribution in [1.29, 1.82) is 0 Å². The van der Waals surface area contributed by atoms with Gasteiger partial charge in [-0.3, -0.25) is 9.88 Å². The normalized spacial score (nSPS) is 15.9. The molecule has 1 saturated heterocycles. The lowest BCUT2D eigenvalue weighted by Crippen LogP contribution is -2.48. The molecule has 0 spiro atoms. The second-order valence-electron chi connectivity index (χ2n) is 7.19. The van der Waals surface area contributed by atoms with Crippen molar-refractivity contribution in [2.45, 2.75) is 11.4 Å². The summed E-state index contributed by atoms with van der Waals surface area (Å²) in [4.78, 5) is 6.91. The fourth-order valence-electron chi connectivity index (χ4n) is 3.79. The summed E-state index contributed by atoms with van der Waals surface area (Å²) < 4.78 is 38.5. The van der Waals surface area contributed by atoms with E-state index in [1.54, 1.807) is 18.3 Å². The van der Waals surface area contributed by atoms with E-state index in [-0.39, 0.29) is 4.90 Å². The van der Waals surface area contributed by atoms with Gasteiger partial charge in [-0.05, 0) is 23.8 Å². The van der Waals surface area contributed by atoms with Gasteiger partial charge in [0.2, 0.25) is 10.0 Å². The topological polar surface area (TPSA) is 72.0 Å². The molecule has 1 fully saturated rings. The van der Waals surface area contributed by atoms with Crippen molar-refractivity contribution >= 4 is 20.9 Å². The number of fused-ring (bicyclic) bond motifs is 1. The minimum Gasteiger partial charge on any atom is -0.497 e. The summed E-state index contributed by atoms with van der Waals surface area (Å²) in [6.07, 6.45) is 1.80. The molecule has 158 valence electrons. The Labute approximate surface area is 176 Å². The number of para-hydroxylation sites is 1. The van der Waals surface area contributed by atoms with Crippen molar-refractivity contribution in [3.63, 3.8) is 0 Å². The maximum Gasteiger partial charge on any atom is 0.246 e. The maximum atomic E-state index is 13.2. The number of piperazine rings is 1. The quantitative estimate of drug-likeness (QED) is 0.602. The molecule has 0 unspecified atom stereocenters. The summed E-state index contributed by atoms with van der Waals surface area (Å²) in [5.74, 6) is 0.802. The minimum absolute atomic E-state index is 0.135. The number of pyridine rings is 1. The number of sulfonamides is 1. The molecule has 0 bridgehead atoms. The van der Waals surface area contributed by atoms with Crippen molar-refractivity contribution in [2.24, 2.45) is 0 Å².